The number of aliphatic hydroxyl groups is 1. The molecule has 0 amide bonds. The lowest BCUT2D eigenvalue weighted by molar-refractivity contribution is -0.462. The number of quaternary nitrogens is 2. The molecule has 0 aliphatic rings. The second-order valence-electron chi connectivity index (χ2n) is 6.25. The lowest BCUT2D eigenvalue weighted by Gasteiger charge is -2.43. The Morgan fingerprint density at radius 3 is 1.17 bits per heavy atom. The van der Waals surface area contributed by atoms with Gasteiger partial charge in [0.05, 0.1) is 20.5 Å². The van der Waals surface area contributed by atoms with E-state index in [4.69, 9.17) is 5.11 Å². The van der Waals surface area contributed by atoms with Crippen LogP contribution in [-0.2, 0) is 9.09 Å². The second-order valence-corrected chi connectivity index (χ2v) is 7.40. The SMILES string of the molecule is O=P([O-])([O-])OCC(O)CC(F)(F)C(F)(F)C(F)(F)C(F)(F)C(F)(F)C(F)(F)C(F)(F)C(F)(F)F.[NH4+].[NH4+]. The fourth-order valence-corrected chi connectivity index (χ4v) is 2.21. The van der Waals surface area contributed by atoms with Gasteiger partial charge < -0.3 is 36.3 Å². The summed E-state index contributed by atoms with van der Waals surface area (Å²) in [5.41, 5.74) is 0. The van der Waals surface area contributed by atoms with Crippen LogP contribution in [0.15, 0.2) is 0 Å². The van der Waals surface area contributed by atoms with Gasteiger partial charge in [-0.1, -0.05) is 0 Å². The summed E-state index contributed by atoms with van der Waals surface area (Å²) in [4.78, 5) is 20.1. The Balaban J connectivity index is -0.00000544. The predicted molar refractivity (Wildman–Crippen MR) is 76.8 cm³/mol. The normalized spacial score (nSPS) is 16.2. The number of phosphoric ester groups is 1. The number of alkyl halides is 17. The fraction of sp³-hybridized carbons (Fsp3) is 1.00. The average Bonchev–Trinajstić information content (AvgIpc) is 2.56. The van der Waals surface area contributed by atoms with Gasteiger partial charge in [-0.2, -0.15) is 74.6 Å². The number of phosphoric acid groups is 1. The van der Waals surface area contributed by atoms with E-state index in [0.717, 1.165) is 0 Å². The first-order valence-corrected chi connectivity index (χ1v) is 8.87. The highest BCUT2D eigenvalue weighted by molar-refractivity contribution is 7.43. The zero-order valence-electron chi connectivity index (χ0n) is 16.9. The lowest BCUT2D eigenvalue weighted by atomic mass is 9.88. The minimum absolute atomic E-state index is 0. The minimum Gasteiger partial charge on any atom is -0.790 e. The molecule has 0 aliphatic carbocycles. The Hall–Kier alpha value is -1.20. The van der Waals surface area contributed by atoms with Gasteiger partial charge in [0.25, 0.3) is 0 Å². The summed E-state index contributed by atoms with van der Waals surface area (Å²) >= 11 is 0. The quantitative estimate of drug-likeness (QED) is 0.234. The van der Waals surface area contributed by atoms with E-state index in [1.807, 2.05) is 0 Å². The molecule has 222 valence electrons. The van der Waals surface area contributed by atoms with Gasteiger partial charge in [-0.25, -0.2) is 0 Å². The zero-order chi connectivity index (χ0) is 28.2. The zero-order valence-corrected chi connectivity index (χ0v) is 17.8. The summed E-state index contributed by atoms with van der Waals surface area (Å²) in [6.45, 7) is -2.25. The largest absolute Gasteiger partial charge is 0.790 e. The molecule has 9 N–H and O–H groups in total. The molecule has 0 bridgehead atoms. The molecule has 0 saturated heterocycles. The van der Waals surface area contributed by atoms with Crippen LogP contribution in [0.4, 0.5) is 74.6 Å². The molecule has 0 fully saturated rings. The third-order valence-electron chi connectivity index (χ3n) is 3.70. The predicted octanol–water partition coefficient (Wildman–Crippen LogP) is 4.34. The van der Waals surface area contributed by atoms with Crippen molar-refractivity contribution in [2.45, 2.75) is 60.2 Å². The third-order valence-corrected chi connectivity index (χ3v) is 4.17. The van der Waals surface area contributed by atoms with Crippen molar-refractivity contribution in [3.8, 4) is 0 Å². The topological polar surface area (TPSA) is 166 Å². The monoisotopic (exact) mass is 608 g/mol. The molecule has 25 heteroatoms. The minimum atomic E-state index is -8.79. The van der Waals surface area contributed by atoms with E-state index < -0.39 is 74.6 Å². The summed E-state index contributed by atoms with van der Waals surface area (Å²) in [6, 6.07) is 0. The van der Waals surface area contributed by atoms with Gasteiger partial charge in [0.15, 0.2) is 0 Å². The van der Waals surface area contributed by atoms with Crippen LogP contribution in [0, 0.1) is 0 Å². The highest BCUT2D eigenvalue weighted by atomic mass is 31.2. The Labute approximate surface area is 187 Å². The Bertz CT molecular complexity index is 783. The van der Waals surface area contributed by atoms with E-state index >= 15 is 0 Å². The first-order chi connectivity index (χ1) is 14.4. The first-order valence-electron chi connectivity index (χ1n) is 7.41. The third kappa shape index (κ3) is 6.26. The first kappa shape index (κ1) is 39.3. The molecule has 7 nitrogen and oxygen atoms in total. The van der Waals surface area contributed by atoms with Crippen molar-refractivity contribution in [2.24, 2.45) is 0 Å². The van der Waals surface area contributed by atoms with Gasteiger partial charge in [-0.3, -0.25) is 0 Å². The van der Waals surface area contributed by atoms with Crippen molar-refractivity contribution in [2.75, 3.05) is 6.61 Å². The molecule has 1 unspecified atom stereocenters. The standard InChI is InChI=1S/C11H8F17O5P.2H3N/c12-4(13,1-3(29)2-33-34(30,31)32)5(14,15)6(16,17)7(18,19)8(20,21)9(22,23)10(24,25)11(26,27)28;;/h3,29H,1-2H2,(H2,30,31,32);2*1H3. The van der Waals surface area contributed by atoms with E-state index in [2.05, 4.69) is 4.52 Å². The molecule has 0 saturated carbocycles. The van der Waals surface area contributed by atoms with Gasteiger partial charge in [0.2, 0.25) is 0 Å². The van der Waals surface area contributed by atoms with Crippen molar-refractivity contribution in [3.63, 3.8) is 0 Å². The average molecular weight is 608 g/mol. The molecule has 0 aromatic heterocycles. The lowest BCUT2D eigenvalue weighted by Crippen LogP contribution is -2.74. The van der Waals surface area contributed by atoms with Gasteiger partial charge in [-0.05, 0) is 0 Å². The van der Waals surface area contributed by atoms with Gasteiger partial charge in [0.1, 0.15) is 0 Å². The van der Waals surface area contributed by atoms with Crippen molar-refractivity contribution in [1.82, 2.24) is 12.3 Å². The van der Waals surface area contributed by atoms with Crippen LogP contribution in [0.5, 0.6) is 0 Å². The van der Waals surface area contributed by atoms with E-state index in [1.165, 1.54) is 0 Å². The van der Waals surface area contributed by atoms with Crippen LogP contribution < -0.4 is 22.1 Å². The Morgan fingerprint density at radius 1 is 0.611 bits per heavy atom. The molecule has 0 aromatic carbocycles. The molecular weight excluding hydrogens is 594 g/mol. The van der Waals surface area contributed by atoms with E-state index in [-0.39, 0.29) is 12.3 Å². The van der Waals surface area contributed by atoms with Crippen LogP contribution >= 0.6 is 7.82 Å². The van der Waals surface area contributed by atoms with Crippen LogP contribution in [0.25, 0.3) is 0 Å². The molecule has 1 atom stereocenters. The molecule has 0 aromatic rings. The number of hydrogen-bond acceptors (Lipinski definition) is 5. The van der Waals surface area contributed by atoms with Gasteiger partial charge in [0, 0.05) is 6.42 Å². The Morgan fingerprint density at radius 2 is 0.889 bits per heavy atom. The smallest absolute Gasteiger partial charge is 0.460 e. The van der Waals surface area contributed by atoms with Crippen LogP contribution in [0.3, 0.4) is 0 Å². The van der Waals surface area contributed by atoms with Crippen LogP contribution in [0.1, 0.15) is 6.42 Å². The number of halogens is 17. The molecule has 0 aliphatic heterocycles. The maximum atomic E-state index is 13.5. The highest BCUT2D eigenvalue weighted by Gasteiger charge is 2.95. The van der Waals surface area contributed by atoms with Gasteiger partial charge in [-0.15, -0.1) is 0 Å². The van der Waals surface area contributed by atoms with Gasteiger partial charge >= 0.3 is 47.6 Å². The van der Waals surface area contributed by atoms with Crippen LogP contribution in [-0.4, -0.2) is 65.5 Å². The van der Waals surface area contributed by atoms with Crippen LogP contribution in [0.2, 0.25) is 0 Å². The van der Waals surface area contributed by atoms with E-state index in [9.17, 15) is 89.0 Å². The maximum Gasteiger partial charge on any atom is 0.460 e. The summed E-state index contributed by atoms with van der Waals surface area (Å²) in [5.74, 6) is -58.0. The fourth-order valence-electron chi connectivity index (χ4n) is 1.86. The molecular formula is C11H14F17N2O5P. The summed E-state index contributed by atoms with van der Waals surface area (Å²) in [5, 5.41) is 8.80. The summed E-state index contributed by atoms with van der Waals surface area (Å²) in [6.07, 6.45) is -14.7. The molecule has 0 spiro atoms. The molecule has 0 radical (unpaired) electrons. The van der Waals surface area contributed by atoms with Crippen molar-refractivity contribution < 1.29 is 98.6 Å². The number of rotatable bonds is 11. The Kier molecular flexibility index (Phi) is 11.5. The summed E-state index contributed by atoms with van der Waals surface area (Å²) < 4.78 is 234. The highest BCUT2D eigenvalue weighted by Crippen LogP contribution is 2.64. The van der Waals surface area contributed by atoms with Crippen molar-refractivity contribution in [1.29, 1.82) is 0 Å². The molecule has 36 heavy (non-hydrogen) atoms. The number of aliphatic hydroxyl groups excluding tert-OH is 1. The number of hydrogen-bond donors (Lipinski definition) is 3. The summed E-state index contributed by atoms with van der Waals surface area (Å²) in [7, 11) is -6.16. The van der Waals surface area contributed by atoms with Crippen molar-refractivity contribution in [3.05, 3.63) is 0 Å². The maximum absolute atomic E-state index is 13.5. The second kappa shape index (κ2) is 10.5. The van der Waals surface area contributed by atoms with E-state index in [1.54, 1.807) is 0 Å². The van der Waals surface area contributed by atoms with E-state index in [0.29, 0.717) is 0 Å². The van der Waals surface area contributed by atoms with Crippen molar-refractivity contribution >= 4 is 7.82 Å². The molecule has 0 rings (SSSR count). The molecule has 0 heterocycles.